The molecule has 10 heteroatoms. The number of hydrazone groups is 1. The van der Waals surface area contributed by atoms with Crippen LogP contribution in [0, 0.1) is 6.92 Å². The Labute approximate surface area is 251 Å². The van der Waals surface area contributed by atoms with Crippen molar-refractivity contribution in [1.82, 2.24) is 10.1 Å². The van der Waals surface area contributed by atoms with Gasteiger partial charge in [-0.15, -0.1) is 0 Å². The number of aryl methyl sites for hydroxylation is 1. The van der Waals surface area contributed by atoms with Crippen LogP contribution >= 0.6 is 31.9 Å². The standard InChI is InChI=1S/C30H27Br2N3O4S/c1-21-12-14-26(15-13-21)40(37,38)35-28(23-10-6-3-7-11-23)18-29(36)34-33-19-24-16-25(31)17-27(32)30(24)39-20-22-8-4-2-5-9-22/h2-17,19,28,35H,18,20H2,1H3,(H,34,36)/b33-19-/t28-/m0/s1. The normalized spacial score (nSPS) is 12.3. The van der Waals surface area contributed by atoms with Crippen LogP contribution in [0.2, 0.25) is 0 Å². The molecule has 40 heavy (non-hydrogen) atoms. The summed E-state index contributed by atoms with van der Waals surface area (Å²) in [6.07, 6.45) is 1.33. The molecular weight excluding hydrogens is 658 g/mol. The molecule has 0 aliphatic carbocycles. The molecule has 0 aliphatic rings. The van der Waals surface area contributed by atoms with Crippen LogP contribution in [-0.4, -0.2) is 20.5 Å². The quantitative estimate of drug-likeness (QED) is 0.136. The smallest absolute Gasteiger partial charge is 0.242 e. The van der Waals surface area contributed by atoms with Crippen molar-refractivity contribution in [2.24, 2.45) is 5.10 Å². The molecule has 7 nitrogen and oxygen atoms in total. The molecule has 2 N–H and O–H groups in total. The van der Waals surface area contributed by atoms with Crippen LogP contribution in [0.5, 0.6) is 5.75 Å². The number of ether oxygens (including phenoxy) is 1. The Morgan fingerprint density at radius 3 is 2.27 bits per heavy atom. The highest BCUT2D eigenvalue weighted by molar-refractivity contribution is 9.11. The third-order valence-electron chi connectivity index (χ3n) is 5.88. The lowest BCUT2D eigenvalue weighted by Crippen LogP contribution is -2.32. The Morgan fingerprint density at radius 2 is 1.60 bits per heavy atom. The van der Waals surface area contributed by atoms with Gasteiger partial charge in [0, 0.05) is 16.5 Å². The van der Waals surface area contributed by atoms with E-state index in [4.69, 9.17) is 4.74 Å². The zero-order valence-electron chi connectivity index (χ0n) is 21.6. The molecule has 206 valence electrons. The van der Waals surface area contributed by atoms with Gasteiger partial charge in [-0.1, -0.05) is 94.3 Å². The zero-order valence-corrected chi connectivity index (χ0v) is 25.5. The predicted octanol–water partition coefficient (Wildman–Crippen LogP) is 6.66. The summed E-state index contributed by atoms with van der Waals surface area (Å²) in [4.78, 5) is 13.0. The summed E-state index contributed by atoms with van der Waals surface area (Å²) >= 11 is 7.01. The van der Waals surface area contributed by atoms with E-state index in [9.17, 15) is 13.2 Å². The Bertz CT molecular complexity index is 1580. The van der Waals surface area contributed by atoms with Crippen LogP contribution < -0.4 is 14.9 Å². The summed E-state index contributed by atoms with van der Waals surface area (Å²) in [6.45, 7) is 2.24. The van der Waals surface area contributed by atoms with Crippen molar-refractivity contribution in [3.63, 3.8) is 0 Å². The summed E-state index contributed by atoms with van der Waals surface area (Å²) in [5.74, 6) is 0.107. The largest absolute Gasteiger partial charge is 0.487 e. The fourth-order valence-corrected chi connectivity index (χ4v) is 6.45. The van der Waals surface area contributed by atoms with Crippen molar-refractivity contribution in [3.8, 4) is 5.75 Å². The number of sulfonamides is 1. The third-order valence-corrected chi connectivity index (χ3v) is 8.41. The second-order valence-electron chi connectivity index (χ2n) is 8.98. The number of amides is 1. The highest BCUT2D eigenvalue weighted by Crippen LogP contribution is 2.32. The molecule has 0 unspecified atom stereocenters. The Morgan fingerprint density at radius 1 is 0.950 bits per heavy atom. The Balaban J connectivity index is 1.47. The van der Waals surface area contributed by atoms with Crippen molar-refractivity contribution >= 4 is 54.0 Å². The highest BCUT2D eigenvalue weighted by Gasteiger charge is 2.23. The van der Waals surface area contributed by atoms with Gasteiger partial charge in [0.2, 0.25) is 15.9 Å². The summed E-state index contributed by atoms with van der Waals surface area (Å²) < 4.78 is 36.4. The van der Waals surface area contributed by atoms with Crippen molar-refractivity contribution < 1.29 is 17.9 Å². The molecule has 0 radical (unpaired) electrons. The highest BCUT2D eigenvalue weighted by atomic mass is 79.9. The average Bonchev–Trinajstić information content (AvgIpc) is 2.93. The number of halogens is 2. The molecule has 0 bridgehead atoms. The summed E-state index contributed by atoms with van der Waals surface area (Å²) in [7, 11) is -3.87. The van der Waals surface area contributed by atoms with Crippen LogP contribution in [0.3, 0.4) is 0 Å². The van der Waals surface area contributed by atoms with Gasteiger partial charge in [-0.05, 0) is 58.2 Å². The lowest BCUT2D eigenvalue weighted by molar-refractivity contribution is -0.121. The van der Waals surface area contributed by atoms with Crippen LogP contribution in [0.15, 0.2) is 116 Å². The van der Waals surface area contributed by atoms with E-state index in [0.29, 0.717) is 23.5 Å². The van der Waals surface area contributed by atoms with Gasteiger partial charge in [-0.25, -0.2) is 18.6 Å². The fourth-order valence-electron chi connectivity index (χ4n) is 3.85. The molecule has 0 heterocycles. The minimum Gasteiger partial charge on any atom is -0.487 e. The second-order valence-corrected chi connectivity index (χ2v) is 12.5. The number of rotatable bonds is 11. The summed E-state index contributed by atoms with van der Waals surface area (Å²) in [5.41, 5.74) is 5.76. The molecule has 0 aliphatic heterocycles. The first-order valence-electron chi connectivity index (χ1n) is 12.3. The van der Waals surface area contributed by atoms with Crippen molar-refractivity contribution in [1.29, 1.82) is 0 Å². The van der Waals surface area contributed by atoms with Gasteiger partial charge in [0.15, 0.2) is 0 Å². The predicted molar refractivity (Wildman–Crippen MR) is 164 cm³/mol. The maximum Gasteiger partial charge on any atom is 0.242 e. The minimum atomic E-state index is -3.87. The van der Waals surface area contributed by atoms with Crippen LogP contribution in [-0.2, 0) is 21.4 Å². The number of carbonyl (C=O) groups is 1. The lowest BCUT2D eigenvalue weighted by atomic mass is 10.0. The molecule has 1 atom stereocenters. The Kier molecular flexibility index (Phi) is 10.3. The fraction of sp³-hybridized carbons (Fsp3) is 0.133. The lowest BCUT2D eigenvalue weighted by Gasteiger charge is -2.18. The van der Waals surface area contributed by atoms with Gasteiger partial charge in [0.05, 0.1) is 21.6 Å². The summed E-state index contributed by atoms with van der Waals surface area (Å²) in [6, 6.07) is 28.1. The van der Waals surface area contributed by atoms with E-state index in [-0.39, 0.29) is 11.3 Å². The molecule has 4 rings (SSSR count). The molecular formula is C30H27Br2N3O4S. The maximum absolute atomic E-state index is 13.1. The van der Waals surface area contributed by atoms with Crippen LogP contribution in [0.1, 0.15) is 34.7 Å². The van der Waals surface area contributed by atoms with E-state index >= 15 is 0 Å². The average molecular weight is 685 g/mol. The number of nitrogens with one attached hydrogen (secondary N) is 2. The van der Waals surface area contributed by atoms with Gasteiger partial charge < -0.3 is 4.74 Å². The third kappa shape index (κ3) is 8.34. The molecule has 0 aromatic heterocycles. The molecule has 1 amide bonds. The topological polar surface area (TPSA) is 96.9 Å². The first kappa shape index (κ1) is 29.7. The number of carbonyl (C=O) groups excluding carboxylic acids is 1. The van der Waals surface area contributed by atoms with E-state index in [1.807, 2.05) is 55.5 Å². The van der Waals surface area contributed by atoms with Gasteiger partial charge in [-0.2, -0.15) is 5.10 Å². The number of benzene rings is 4. The van der Waals surface area contributed by atoms with Crippen molar-refractivity contribution in [2.45, 2.75) is 30.9 Å². The molecule has 0 saturated carbocycles. The first-order valence-corrected chi connectivity index (χ1v) is 15.4. The van der Waals surface area contributed by atoms with Crippen LogP contribution in [0.25, 0.3) is 0 Å². The van der Waals surface area contributed by atoms with E-state index in [2.05, 4.69) is 47.1 Å². The van der Waals surface area contributed by atoms with E-state index in [0.717, 1.165) is 20.1 Å². The Hall–Kier alpha value is -3.31. The van der Waals surface area contributed by atoms with Crippen molar-refractivity contribution in [3.05, 3.63) is 128 Å². The number of nitrogens with zero attached hydrogens (tertiary/aromatic N) is 1. The van der Waals surface area contributed by atoms with E-state index in [1.165, 1.54) is 18.3 Å². The van der Waals surface area contributed by atoms with Gasteiger partial charge in [-0.3, -0.25) is 4.79 Å². The summed E-state index contributed by atoms with van der Waals surface area (Å²) in [5, 5.41) is 4.13. The molecule has 0 spiro atoms. The second kappa shape index (κ2) is 13.8. The minimum absolute atomic E-state index is 0.126. The number of hydrogen-bond donors (Lipinski definition) is 2. The maximum atomic E-state index is 13.1. The number of hydrogen-bond acceptors (Lipinski definition) is 5. The van der Waals surface area contributed by atoms with Gasteiger partial charge in [0.1, 0.15) is 12.4 Å². The van der Waals surface area contributed by atoms with Gasteiger partial charge >= 0.3 is 0 Å². The molecule has 4 aromatic rings. The van der Waals surface area contributed by atoms with E-state index in [1.54, 1.807) is 36.4 Å². The SMILES string of the molecule is Cc1ccc(S(=O)(=O)N[C@@H](CC(=O)N/N=C\c2cc(Br)cc(Br)c2OCc2ccccc2)c2ccccc2)cc1. The van der Waals surface area contributed by atoms with E-state index < -0.39 is 22.0 Å². The molecule has 0 fully saturated rings. The monoisotopic (exact) mass is 683 g/mol. The van der Waals surface area contributed by atoms with Gasteiger partial charge in [0.25, 0.3) is 0 Å². The van der Waals surface area contributed by atoms with Crippen LogP contribution in [0.4, 0.5) is 0 Å². The molecule has 4 aromatic carbocycles. The zero-order chi connectivity index (χ0) is 28.5. The molecule has 0 saturated heterocycles. The van der Waals surface area contributed by atoms with Crippen molar-refractivity contribution in [2.75, 3.05) is 0 Å². The first-order chi connectivity index (χ1) is 19.2.